The van der Waals surface area contributed by atoms with E-state index in [2.05, 4.69) is 4.90 Å². The largest absolute Gasteiger partial charge is 0.451 e. The van der Waals surface area contributed by atoms with Gasteiger partial charge in [0.2, 0.25) is 0 Å². The third-order valence-electron chi connectivity index (χ3n) is 4.34. The van der Waals surface area contributed by atoms with E-state index < -0.39 is 23.3 Å². The zero-order valence-corrected chi connectivity index (χ0v) is 12.1. The lowest BCUT2D eigenvalue weighted by molar-refractivity contribution is -0.148. The van der Waals surface area contributed by atoms with Gasteiger partial charge in [-0.2, -0.15) is 13.2 Å². The Balaban J connectivity index is 1.99. The Bertz CT molecular complexity index is 629. The minimum Gasteiger partial charge on any atom is -0.451 e. The minimum absolute atomic E-state index is 0.408. The fourth-order valence-electron chi connectivity index (χ4n) is 3.09. The molecule has 22 heavy (non-hydrogen) atoms. The van der Waals surface area contributed by atoms with Gasteiger partial charge in [0.15, 0.2) is 0 Å². The molecular formula is C16H16F3NO2. The molecule has 2 heterocycles. The highest BCUT2D eigenvalue weighted by Gasteiger charge is 2.45. The van der Waals surface area contributed by atoms with Crippen molar-refractivity contribution in [3.63, 3.8) is 0 Å². The van der Waals surface area contributed by atoms with Gasteiger partial charge in [-0.25, -0.2) is 4.79 Å². The van der Waals surface area contributed by atoms with Gasteiger partial charge in [0.25, 0.3) is 0 Å². The second kappa shape index (κ2) is 5.12. The first-order valence-electron chi connectivity index (χ1n) is 7.11. The molecule has 1 aromatic rings. The van der Waals surface area contributed by atoms with Gasteiger partial charge in [-0.3, -0.25) is 0 Å². The molecule has 0 atom stereocenters. The van der Waals surface area contributed by atoms with Crippen LogP contribution in [-0.2, 0) is 15.7 Å². The number of carbonyl (C=O) groups excluding carboxylic acids is 1. The third-order valence-corrected chi connectivity index (χ3v) is 4.34. The van der Waals surface area contributed by atoms with Gasteiger partial charge in [-0.15, -0.1) is 0 Å². The molecule has 2 aliphatic rings. The summed E-state index contributed by atoms with van der Waals surface area (Å²) in [6.45, 7) is 1.48. The third kappa shape index (κ3) is 2.63. The zero-order chi connectivity index (χ0) is 16.0. The summed E-state index contributed by atoms with van der Waals surface area (Å²) in [7, 11) is 1.97. The van der Waals surface area contributed by atoms with E-state index >= 15 is 0 Å². The molecule has 1 aromatic carbocycles. The Morgan fingerprint density at radius 1 is 1.23 bits per heavy atom. The number of hydrogen-bond acceptors (Lipinski definition) is 3. The molecule has 2 aliphatic heterocycles. The van der Waals surface area contributed by atoms with Crippen molar-refractivity contribution in [2.24, 2.45) is 0 Å². The normalized spacial score (nSPS) is 21.8. The molecule has 0 unspecified atom stereocenters. The second-order valence-electron chi connectivity index (χ2n) is 5.86. The number of nitrogens with zero attached hydrogens (tertiary/aromatic N) is 1. The number of likely N-dealkylation sites (tertiary alicyclic amines) is 1. The first-order chi connectivity index (χ1) is 10.3. The number of ether oxygens (including phenoxy) is 1. The Morgan fingerprint density at radius 3 is 2.55 bits per heavy atom. The minimum atomic E-state index is -4.40. The van der Waals surface area contributed by atoms with Crippen molar-refractivity contribution in [2.75, 3.05) is 20.1 Å². The first-order valence-corrected chi connectivity index (χ1v) is 7.11. The Kier molecular flexibility index (Phi) is 3.51. The maximum atomic E-state index is 12.9. The maximum absolute atomic E-state index is 12.9. The highest BCUT2D eigenvalue weighted by molar-refractivity contribution is 5.99. The summed E-state index contributed by atoms with van der Waals surface area (Å²) in [5.74, 6) is -0.475. The number of alkyl halides is 3. The number of benzene rings is 1. The monoisotopic (exact) mass is 311 g/mol. The molecular weight excluding hydrogens is 295 g/mol. The fourth-order valence-corrected chi connectivity index (χ4v) is 3.09. The summed E-state index contributed by atoms with van der Waals surface area (Å²) < 4.78 is 44.2. The van der Waals surface area contributed by atoms with Gasteiger partial charge in [0, 0.05) is 37.6 Å². The predicted octanol–water partition coefficient (Wildman–Crippen LogP) is 3.11. The summed E-state index contributed by atoms with van der Waals surface area (Å²) >= 11 is 0. The first kappa shape index (κ1) is 15.1. The van der Waals surface area contributed by atoms with Crippen LogP contribution < -0.4 is 0 Å². The van der Waals surface area contributed by atoms with Gasteiger partial charge in [0.05, 0.1) is 5.56 Å². The van der Waals surface area contributed by atoms with E-state index in [1.165, 1.54) is 12.1 Å². The number of rotatable bonds is 1. The van der Waals surface area contributed by atoms with E-state index in [0.717, 1.165) is 25.2 Å². The van der Waals surface area contributed by atoms with Crippen LogP contribution in [0.25, 0.3) is 5.57 Å². The standard InChI is InChI=1S/C16H16F3NO2/c1-20-7-5-15(6-8-20)13(10-14(21)22-15)11-3-2-4-12(9-11)16(17,18)19/h2-4,9-10H,5-8H2,1H3. The topological polar surface area (TPSA) is 29.5 Å². The number of esters is 1. The van der Waals surface area contributed by atoms with E-state index in [1.807, 2.05) is 7.05 Å². The van der Waals surface area contributed by atoms with Gasteiger partial charge >= 0.3 is 12.1 Å². The van der Waals surface area contributed by atoms with Crippen molar-refractivity contribution < 1.29 is 22.7 Å². The SMILES string of the molecule is CN1CCC2(CC1)OC(=O)C=C2c1cccc(C(F)(F)F)c1. The lowest BCUT2D eigenvalue weighted by Crippen LogP contribution is -2.44. The molecule has 1 saturated heterocycles. The maximum Gasteiger partial charge on any atom is 0.416 e. The Labute approximate surface area is 126 Å². The van der Waals surface area contributed by atoms with E-state index in [-0.39, 0.29) is 0 Å². The number of carbonyl (C=O) groups is 1. The van der Waals surface area contributed by atoms with Crippen molar-refractivity contribution in [3.8, 4) is 0 Å². The molecule has 0 aliphatic carbocycles. The molecule has 0 radical (unpaired) electrons. The van der Waals surface area contributed by atoms with Crippen molar-refractivity contribution in [3.05, 3.63) is 41.5 Å². The zero-order valence-electron chi connectivity index (χ0n) is 12.1. The molecule has 6 heteroatoms. The smallest absolute Gasteiger partial charge is 0.416 e. The number of piperidine rings is 1. The molecule has 1 fully saturated rings. The average Bonchev–Trinajstić information content (AvgIpc) is 2.78. The van der Waals surface area contributed by atoms with Crippen LogP contribution in [-0.4, -0.2) is 36.6 Å². The summed E-state index contributed by atoms with van der Waals surface area (Å²) in [6.07, 6.45) is -1.88. The van der Waals surface area contributed by atoms with Crippen LogP contribution in [0.15, 0.2) is 30.3 Å². The molecule has 0 N–H and O–H groups in total. The van der Waals surface area contributed by atoms with E-state index in [9.17, 15) is 18.0 Å². The van der Waals surface area contributed by atoms with Crippen LogP contribution in [0.4, 0.5) is 13.2 Å². The second-order valence-corrected chi connectivity index (χ2v) is 5.86. The van der Waals surface area contributed by atoms with Crippen LogP contribution in [0, 0.1) is 0 Å². The molecule has 0 amide bonds. The average molecular weight is 311 g/mol. The summed E-state index contributed by atoms with van der Waals surface area (Å²) in [4.78, 5) is 13.8. The van der Waals surface area contributed by atoms with E-state index in [0.29, 0.717) is 24.0 Å². The molecule has 0 aromatic heterocycles. The molecule has 1 spiro atoms. The molecule has 0 saturated carbocycles. The van der Waals surface area contributed by atoms with Crippen LogP contribution >= 0.6 is 0 Å². The van der Waals surface area contributed by atoms with Gasteiger partial charge < -0.3 is 9.64 Å². The van der Waals surface area contributed by atoms with Gasteiger partial charge in [-0.05, 0) is 24.7 Å². The highest BCUT2D eigenvalue weighted by atomic mass is 19.4. The van der Waals surface area contributed by atoms with Gasteiger partial charge in [-0.1, -0.05) is 12.1 Å². The number of halogens is 3. The Hall–Kier alpha value is -1.82. The fraction of sp³-hybridized carbons (Fsp3) is 0.438. The summed E-state index contributed by atoms with van der Waals surface area (Å²) in [5.41, 5.74) is -0.524. The molecule has 3 nitrogen and oxygen atoms in total. The van der Waals surface area contributed by atoms with Gasteiger partial charge in [0.1, 0.15) is 5.60 Å². The molecule has 0 bridgehead atoms. The van der Waals surface area contributed by atoms with Crippen molar-refractivity contribution in [2.45, 2.75) is 24.6 Å². The van der Waals surface area contributed by atoms with Crippen molar-refractivity contribution in [1.82, 2.24) is 4.90 Å². The number of hydrogen-bond donors (Lipinski definition) is 0. The highest BCUT2D eigenvalue weighted by Crippen LogP contribution is 2.44. The van der Waals surface area contributed by atoms with E-state index in [1.54, 1.807) is 6.07 Å². The summed E-state index contributed by atoms with van der Waals surface area (Å²) in [6, 6.07) is 5.09. The molecule has 118 valence electrons. The predicted molar refractivity (Wildman–Crippen MR) is 75.0 cm³/mol. The molecule has 3 rings (SSSR count). The lowest BCUT2D eigenvalue weighted by Gasteiger charge is -2.38. The van der Waals surface area contributed by atoms with E-state index in [4.69, 9.17) is 4.74 Å². The quantitative estimate of drug-likeness (QED) is 0.746. The Morgan fingerprint density at radius 2 is 1.91 bits per heavy atom. The van der Waals surface area contributed by atoms with Crippen molar-refractivity contribution >= 4 is 11.5 Å². The lowest BCUT2D eigenvalue weighted by atomic mass is 9.81. The van der Waals surface area contributed by atoms with Crippen LogP contribution in [0.5, 0.6) is 0 Å². The van der Waals surface area contributed by atoms with Crippen molar-refractivity contribution in [1.29, 1.82) is 0 Å². The van der Waals surface area contributed by atoms with Crippen LogP contribution in [0.3, 0.4) is 0 Å². The summed E-state index contributed by atoms with van der Waals surface area (Å²) in [5, 5.41) is 0. The van der Waals surface area contributed by atoms with Crippen LogP contribution in [0.2, 0.25) is 0 Å². The van der Waals surface area contributed by atoms with Crippen LogP contribution in [0.1, 0.15) is 24.0 Å².